The van der Waals surface area contributed by atoms with Crippen LogP contribution in [0.15, 0.2) is 24.3 Å². The summed E-state index contributed by atoms with van der Waals surface area (Å²) in [5.41, 5.74) is 8.18. The zero-order valence-corrected chi connectivity index (χ0v) is 11.4. The molecule has 3 nitrogen and oxygen atoms in total. The highest BCUT2D eigenvalue weighted by atomic mass is 16.2. The summed E-state index contributed by atoms with van der Waals surface area (Å²) in [6, 6.07) is 8.07. The Bertz CT molecular complexity index is 442. The number of amides is 1. The molecule has 0 fully saturated rings. The third-order valence-corrected chi connectivity index (χ3v) is 3.79. The summed E-state index contributed by atoms with van der Waals surface area (Å²) in [5.74, 6) is 0.511. The van der Waals surface area contributed by atoms with Crippen LogP contribution in [-0.4, -0.2) is 18.5 Å². The van der Waals surface area contributed by atoms with Gasteiger partial charge in [-0.15, -0.1) is 0 Å². The Kier molecular flexibility index (Phi) is 3.71. The van der Waals surface area contributed by atoms with E-state index in [2.05, 4.69) is 13.0 Å². The van der Waals surface area contributed by atoms with Crippen molar-refractivity contribution in [3.63, 3.8) is 0 Å². The number of rotatable bonds is 2. The van der Waals surface area contributed by atoms with Gasteiger partial charge in [-0.3, -0.25) is 4.79 Å². The highest BCUT2D eigenvalue weighted by molar-refractivity contribution is 5.96. The second-order valence-electron chi connectivity index (χ2n) is 5.53. The number of benzene rings is 1. The largest absolute Gasteiger partial charge is 0.327 e. The van der Waals surface area contributed by atoms with Crippen LogP contribution in [0.5, 0.6) is 0 Å². The molecule has 3 heteroatoms. The minimum absolute atomic E-state index is 0.109. The van der Waals surface area contributed by atoms with E-state index in [0.717, 1.165) is 18.7 Å². The SMILES string of the molecule is CC1Cc2ccccc2N(C(=O)C(C)C(C)N)C1. The van der Waals surface area contributed by atoms with Crippen molar-refractivity contribution in [2.75, 3.05) is 11.4 Å². The van der Waals surface area contributed by atoms with Crippen LogP contribution in [0.1, 0.15) is 26.3 Å². The van der Waals surface area contributed by atoms with E-state index in [4.69, 9.17) is 5.73 Å². The first-order valence-corrected chi connectivity index (χ1v) is 6.65. The van der Waals surface area contributed by atoms with E-state index in [-0.39, 0.29) is 17.9 Å². The molecule has 1 aromatic carbocycles. The molecule has 0 bridgehead atoms. The van der Waals surface area contributed by atoms with Crippen molar-refractivity contribution in [1.82, 2.24) is 0 Å². The number of hydrogen-bond donors (Lipinski definition) is 1. The van der Waals surface area contributed by atoms with E-state index in [1.54, 1.807) is 0 Å². The molecular formula is C15H22N2O. The molecule has 18 heavy (non-hydrogen) atoms. The molecule has 1 aliphatic heterocycles. The molecule has 0 saturated heterocycles. The molecule has 1 aliphatic rings. The summed E-state index contributed by atoms with van der Waals surface area (Å²) in [6.07, 6.45) is 1.05. The predicted octanol–water partition coefficient (Wildman–Crippen LogP) is 2.20. The van der Waals surface area contributed by atoms with E-state index in [9.17, 15) is 4.79 Å². The van der Waals surface area contributed by atoms with E-state index in [1.165, 1.54) is 5.56 Å². The molecule has 0 aliphatic carbocycles. The number of anilines is 1. The maximum absolute atomic E-state index is 12.5. The van der Waals surface area contributed by atoms with Crippen LogP contribution in [0.2, 0.25) is 0 Å². The first-order chi connectivity index (χ1) is 8.50. The van der Waals surface area contributed by atoms with Crippen molar-refractivity contribution in [3.8, 4) is 0 Å². The van der Waals surface area contributed by atoms with Gasteiger partial charge in [-0.2, -0.15) is 0 Å². The first kappa shape index (κ1) is 13.1. The lowest BCUT2D eigenvalue weighted by atomic mass is 9.92. The highest BCUT2D eigenvalue weighted by Crippen LogP contribution is 2.30. The van der Waals surface area contributed by atoms with E-state index < -0.39 is 0 Å². The van der Waals surface area contributed by atoms with Gasteiger partial charge in [-0.1, -0.05) is 32.0 Å². The van der Waals surface area contributed by atoms with Crippen LogP contribution in [-0.2, 0) is 11.2 Å². The third-order valence-electron chi connectivity index (χ3n) is 3.79. The first-order valence-electron chi connectivity index (χ1n) is 6.65. The van der Waals surface area contributed by atoms with Crippen molar-refractivity contribution in [2.45, 2.75) is 33.2 Å². The molecule has 3 unspecified atom stereocenters. The van der Waals surface area contributed by atoms with E-state index in [0.29, 0.717) is 5.92 Å². The highest BCUT2D eigenvalue weighted by Gasteiger charge is 2.30. The van der Waals surface area contributed by atoms with Gasteiger partial charge in [0.2, 0.25) is 5.91 Å². The Morgan fingerprint density at radius 2 is 2.06 bits per heavy atom. The second kappa shape index (κ2) is 5.11. The van der Waals surface area contributed by atoms with Gasteiger partial charge < -0.3 is 10.6 Å². The number of hydrogen-bond acceptors (Lipinski definition) is 2. The molecule has 2 N–H and O–H groups in total. The molecule has 2 rings (SSSR count). The number of para-hydroxylation sites is 1. The fourth-order valence-electron chi connectivity index (χ4n) is 2.48. The van der Waals surface area contributed by atoms with Crippen molar-refractivity contribution in [3.05, 3.63) is 29.8 Å². The molecule has 3 atom stereocenters. The van der Waals surface area contributed by atoms with Gasteiger partial charge >= 0.3 is 0 Å². The Hall–Kier alpha value is -1.35. The number of nitrogens with zero attached hydrogens (tertiary/aromatic N) is 1. The van der Waals surface area contributed by atoms with E-state index >= 15 is 0 Å². The Morgan fingerprint density at radius 3 is 2.72 bits per heavy atom. The molecule has 0 radical (unpaired) electrons. The minimum atomic E-state index is -0.136. The normalized spacial score (nSPS) is 22.2. The van der Waals surface area contributed by atoms with Gasteiger partial charge in [0.25, 0.3) is 0 Å². The summed E-state index contributed by atoms with van der Waals surface area (Å²) in [7, 11) is 0. The quantitative estimate of drug-likeness (QED) is 0.869. The second-order valence-corrected chi connectivity index (χ2v) is 5.53. The third kappa shape index (κ3) is 2.41. The van der Waals surface area contributed by atoms with Gasteiger partial charge in [0, 0.05) is 18.3 Å². The summed E-state index contributed by atoms with van der Waals surface area (Å²) in [4.78, 5) is 14.4. The average Bonchev–Trinajstić information content (AvgIpc) is 2.35. The fourth-order valence-corrected chi connectivity index (χ4v) is 2.48. The standard InChI is InChI=1S/C15H22N2O/c1-10-8-13-6-4-5-7-14(13)17(9-10)15(18)11(2)12(3)16/h4-7,10-12H,8-9,16H2,1-3H3. The Morgan fingerprint density at radius 1 is 1.39 bits per heavy atom. The van der Waals surface area contributed by atoms with Crippen molar-refractivity contribution in [2.24, 2.45) is 17.6 Å². The van der Waals surface area contributed by atoms with Crippen LogP contribution in [0.25, 0.3) is 0 Å². The van der Waals surface area contributed by atoms with Crippen LogP contribution in [0.4, 0.5) is 5.69 Å². The number of nitrogens with two attached hydrogens (primary N) is 1. The lowest BCUT2D eigenvalue weighted by molar-refractivity contribution is -0.122. The average molecular weight is 246 g/mol. The van der Waals surface area contributed by atoms with Crippen LogP contribution >= 0.6 is 0 Å². The van der Waals surface area contributed by atoms with Gasteiger partial charge in [0.15, 0.2) is 0 Å². The number of fused-ring (bicyclic) bond motifs is 1. The molecular weight excluding hydrogens is 224 g/mol. The number of carbonyl (C=O) groups excluding carboxylic acids is 1. The van der Waals surface area contributed by atoms with Gasteiger partial charge in [-0.25, -0.2) is 0 Å². The molecule has 0 spiro atoms. The predicted molar refractivity (Wildman–Crippen MR) is 74.5 cm³/mol. The van der Waals surface area contributed by atoms with Crippen molar-refractivity contribution < 1.29 is 4.79 Å². The topological polar surface area (TPSA) is 46.3 Å². The maximum atomic E-state index is 12.5. The lowest BCUT2D eigenvalue weighted by Gasteiger charge is -2.35. The van der Waals surface area contributed by atoms with Gasteiger partial charge in [0.05, 0.1) is 5.92 Å². The van der Waals surface area contributed by atoms with Gasteiger partial charge in [0.1, 0.15) is 0 Å². The molecule has 1 amide bonds. The fraction of sp³-hybridized carbons (Fsp3) is 0.533. The van der Waals surface area contributed by atoms with Crippen LogP contribution < -0.4 is 10.6 Å². The van der Waals surface area contributed by atoms with Crippen molar-refractivity contribution >= 4 is 11.6 Å². The summed E-state index contributed by atoms with van der Waals surface area (Å²) < 4.78 is 0. The summed E-state index contributed by atoms with van der Waals surface area (Å²) in [6.45, 7) is 6.79. The lowest BCUT2D eigenvalue weighted by Crippen LogP contribution is -2.45. The zero-order chi connectivity index (χ0) is 13.3. The molecule has 1 aromatic rings. The van der Waals surface area contributed by atoms with Crippen LogP contribution in [0, 0.1) is 11.8 Å². The Balaban J connectivity index is 2.31. The summed E-state index contributed by atoms with van der Waals surface area (Å²) >= 11 is 0. The molecule has 0 saturated carbocycles. The van der Waals surface area contributed by atoms with E-state index in [1.807, 2.05) is 36.9 Å². The van der Waals surface area contributed by atoms with Crippen molar-refractivity contribution in [1.29, 1.82) is 0 Å². The Labute approximate surface area is 109 Å². The molecule has 0 aromatic heterocycles. The van der Waals surface area contributed by atoms with Crippen LogP contribution in [0.3, 0.4) is 0 Å². The zero-order valence-electron chi connectivity index (χ0n) is 11.4. The minimum Gasteiger partial charge on any atom is -0.327 e. The number of carbonyl (C=O) groups is 1. The molecule has 1 heterocycles. The maximum Gasteiger partial charge on any atom is 0.231 e. The molecule has 98 valence electrons. The van der Waals surface area contributed by atoms with Gasteiger partial charge in [-0.05, 0) is 30.9 Å². The smallest absolute Gasteiger partial charge is 0.231 e. The monoisotopic (exact) mass is 246 g/mol. The summed E-state index contributed by atoms with van der Waals surface area (Å²) in [5, 5.41) is 0.